The third kappa shape index (κ3) is 2.96. The Kier molecular flexibility index (Phi) is 4.00. The number of carbonyl (C=O) groups is 1. The number of aromatic carboxylic acids is 1. The SMILES string of the molecule is Cc1[nH]nc(C(=O)O)c1Nc1ccc(-c2ccc(C#N)cc2)cc1. The van der Waals surface area contributed by atoms with Gasteiger partial charge in [0.1, 0.15) is 0 Å². The summed E-state index contributed by atoms with van der Waals surface area (Å²) in [6.07, 6.45) is 0. The Labute approximate surface area is 138 Å². The molecule has 0 amide bonds. The van der Waals surface area contributed by atoms with Gasteiger partial charge in [-0.25, -0.2) is 4.79 Å². The van der Waals surface area contributed by atoms with Crippen molar-refractivity contribution in [2.45, 2.75) is 6.92 Å². The summed E-state index contributed by atoms with van der Waals surface area (Å²) in [5.41, 5.74) is 4.47. The normalized spacial score (nSPS) is 10.2. The largest absolute Gasteiger partial charge is 0.476 e. The molecule has 6 nitrogen and oxygen atoms in total. The number of hydrogen-bond acceptors (Lipinski definition) is 4. The van der Waals surface area contributed by atoms with E-state index in [4.69, 9.17) is 10.4 Å². The van der Waals surface area contributed by atoms with Crippen LogP contribution in [0.25, 0.3) is 11.1 Å². The molecule has 0 saturated heterocycles. The maximum absolute atomic E-state index is 11.2. The number of nitrogens with zero attached hydrogens (tertiary/aromatic N) is 2. The number of nitrogens with one attached hydrogen (secondary N) is 2. The third-order valence-electron chi connectivity index (χ3n) is 3.65. The highest BCUT2D eigenvalue weighted by Gasteiger charge is 2.16. The van der Waals surface area contributed by atoms with Crippen molar-refractivity contribution in [1.82, 2.24) is 10.2 Å². The maximum Gasteiger partial charge on any atom is 0.358 e. The van der Waals surface area contributed by atoms with Gasteiger partial charge >= 0.3 is 5.97 Å². The molecule has 3 aromatic rings. The average Bonchev–Trinajstić information content (AvgIpc) is 2.97. The predicted octanol–water partition coefficient (Wildman–Crippen LogP) is 3.70. The molecule has 24 heavy (non-hydrogen) atoms. The monoisotopic (exact) mass is 318 g/mol. The van der Waals surface area contributed by atoms with Gasteiger partial charge in [-0.3, -0.25) is 5.10 Å². The van der Waals surface area contributed by atoms with E-state index in [2.05, 4.69) is 21.6 Å². The molecule has 0 fully saturated rings. The smallest absolute Gasteiger partial charge is 0.358 e. The van der Waals surface area contributed by atoms with Crippen LogP contribution in [0.2, 0.25) is 0 Å². The first-order valence-corrected chi connectivity index (χ1v) is 7.24. The quantitative estimate of drug-likeness (QED) is 0.681. The summed E-state index contributed by atoms with van der Waals surface area (Å²) in [7, 11) is 0. The molecule has 3 N–H and O–H groups in total. The molecule has 0 spiro atoms. The van der Waals surface area contributed by atoms with Gasteiger partial charge in [-0.1, -0.05) is 24.3 Å². The molecular weight excluding hydrogens is 304 g/mol. The van der Waals surface area contributed by atoms with Crippen LogP contribution >= 0.6 is 0 Å². The lowest BCUT2D eigenvalue weighted by molar-refractivity contribution is 0.0691. The van der Waals surface area contributed by atoms with Crippen molar-refractivity contribution in [1.29, 1.82) is 5.26 Å². The van der Waals surface area contributed by atoms with Crippen LogP contribution in [-0.2, 0) is 0 Å². The van der Waals surface area contributed by atoms with Gasteiger partial charge in [0.15, 0.2) is 5.69 Å². The molecule has 0 aliphatic heterocycles. The molecule has 6 heteroatoms. The molecule has 0 bridgehead atoms. The van der Waals surface area contributed by atoms with E-state index < -0.39 is 5.97 Å². The molecule has 0 aliphatic rings. The lowest BCUT2D eigenvalue weighted by Crippen LogP contribution is -2.02. The Bertz CT molecular complexity index is 919. The average molecular weight is 318 g/mol. The van der Waals surface area contributed by atoms with Gasteiger partial charge in [0.2, 0.25) is 0 Å². The summed E-state index contributed by atoms with van der Waals surface area (Å²) < 4.78 is 0. The predicted molar refractivity (Wildman–Crippen MR) is 90.2 cm³/mol. The minimum atomic E-state index is -1.09. The number of aryl methyl sites for hydroxylation is 1. The second-order valence-electron chi connectivity index (χ2n) is 5.27. The van der Waals surface area contributed by atoms with Crippen molar-refractivity contribution in [3.05, 3.63) is 65.5 Å². The summed E-state index contributed by atoms with van der Waals surface area (Å²) in [6, 6.07) is 17.0. The topological polar surface area (TPSA) is 102 Å². The number of benzene rings is 2. The fourth-order valence-corrected chi connectivity index (χ4v) is 2.36. The maximum atomic E-state index is 11.2. The third-order valence-corrected chi connectivity index (χ3v) is 3.65. The Morgan fingerprint density at radius 1 is 1.12 bits per heavy atom. The number of carboxylic acids is 1. The van der Waals surface area contributed by atoms with Crippen molar-refractivity contribution >= 4 is 17.3 Å². The number of anilines is 2. The van der Waals surface area contributed by atoms with E-state index in [0.29, 0.717) is 16.9 Å². The van der Waals surface area contributed by atoms with Gasteiger partial charge in [-0.15, -0.1) is 0 Å². The van der Waals surface area contributed by atoms with Crippen LogP contribution in [0.15, 0.2) is 48.5 Å². The van der Waals surface area contributed by atoms with E-state index in [1.165, 1.54) is 0 Å². The fraction of sp³-hybridized carbons (Fsp3) is 0.0556. The summed E-state index contributed by atoms with van der Waals surface area (Å²) in [6.45, 7) is 1.76. The minimum Gasteiger partial charge on any atom is -0.476 e. The van der Waals surface area contributed by atoms with Crippen LogP contribution in [-0.4, -0.2) is 21.3 Å². The zero-order valence-electron chi connectivity index (χ0n) is 12.9. The number of rotatable bonds is 4. The van der Waals surface area contributed by atoms with Crippen molar-refractivity contribution in [2.24, 2.45) is 0 Å². The number of carboxylic acid groups (broad SMARTS) is 1. The second-order valence-corrected chi connectivity index (χ2v) is 5.27. The first-order valence-electron chi connectivity index (χ1n) is 7.24. The van der Waals surface area contributed by atoms with Gasteiger partial charge in [-0.2, -0.15) is 10.4 Å². The number of aromatic nitrogens is 2. The second kappa shape index (κ2) is 6.26. The molecule has 0 aliphatic carbocycles. The highest BCUT2D eigenvalue weighted by atomic mass is 16.4. The zero-order valence-corrected chi connectivity index (χ0v) is 12.9. The number of nitriles is 1. The molecule has 2 aromatic carbocycles. The van der Waals surface area contributed by atoms with Gasteiger partial charge < -0.3 is 10.4 Å². The van der Waals surface area contributed by atoms with Gasteiger partial charge in [0, 0.05) is 5.69 Å². The van der Waals surface area contributed by atoms with Crippen LogP contribution in [0.5, 0.6) is 0 Å². The van der Waals surface area contributed by atoms with Gasteiger partial charge in [0.25, 0.3) is 0 Å². The first-order chi connectivity index (χ1) is 11.6. The van der Waals surface area contributed by atoms with Crippen LogP contribution < -0.4 is 5.32 Å². The van der Waals surface area contributed by atoms with E-state index in [1.54, 1.807) is 19.1 Å². The highest BCUT2D eigenvalue weighted by Crippen LogP contribution is 2.26. The van der Waals surface area contributed by atoms with Crippen molar-refractivity contribution < 1.29 is 9.90 Å². The number of aromatic amines is 1. The Balaban J connectivity index is 1.84. The van der Waals surface area contributed by atoms with Crippen LogP contribution in [0.3, 0.4) is 0 Å². The van der Waals surface area contributed by atoms with Crippen LogP contribution in [0.4, 0.5) is 11.4 Å². The van der Waals surface area contributed by atoms with Crippen molar-refractivity contribution in [3.63, 3.8) is 0 Å². The summed E-state index contributed by atoms with van der Waals surface area (Å²) in [5.74, 6) is -1.09. The first kappa shape index (κ1) is 15.3. The lowest BCUT2D eigenvalue weighted by atomic mass is 10.0. The Morgan fingerprint density at radius 2 is 1.71 bits per heavy atom. The Morgan fingerprint density at radius 3 is 2.25 bits per heavy atom. The molecule has 3 rings (SSSR count). The van der Waals surface area contributed by atoms with E-state index in [-0.39, 0.29) is 5.69 Å². The van der Waals surface area contributed by atoms with Crippen molar-refractivity contribution in [2.75, 3.05) is 5.32 Å². The Hall–Kier alpha value is -3.59. The lowest BCUT2D eigenvalue weighted by Gasteiger charge is -2.08. The van der Waals surface area contributed by atoms with E-state index in [1.807, 2.05) is 36.4 Å². The molecule has 0 unspecified atom stereocenters. The van der Waals surface area contributed by atoms with Crippen LogP contribution in [0.1, 0.15) is 21.7 Å². The van der Waals surface area contributed by atoms with Crippen molar-refractivity contribution in [3.8, 4) is 17.2 Å². The molecule has 0 radical (unpaired) electrons. The summed E-state index contributed by atoms with van der Waals surface area (Å²) in [4.78, 5) is 11.2. The van der Waals surface area contributed by atoms with E-state index in [9.17, 15) is 4.79 Å². The summed E-state index contributed by atoms with van der Waals surface area (Å²) >= 11 is 0. The fourth-order valence-electron chi connectivity index (χ4n) is 2.36. The minimum absolute atomic E-state index is 0.0383. The molecule has 1 heterocycles. The van der Waals surface area contributed by atoms with Gasteiger partial charge in [-0.05, 0) is 42.3 Å². The zero-order chi connectivity index (χ0) is 17.1. The highest BCUT2D eigenvalue weighted by molar-refractivity contribution is 5.93. The number of H-pyrrole nitrogens is 1. The summed E-state index contributed by atoms with van der Waals surface area (Å²) in [5, 5.41) is 27.5. The van der Waals surface area contributed by atoms with E-state index in [0.717, 1.165) is 16.8 Å². The molecule has 0 saturated carbocycles. The number of hydrogen-bond donors (Lipinski definition) is 3. The van der Waals surface area contributed by atoms with Gasteiger partial charge in [0.05, 0.1) is 23.0 Å². The van der Waals surface area contributed by atoms with Crippen LogP contribution in [0, 0.1) is 18.3 Å². The van der Waals surface area contributed by atoms with E-state index >= 15 is 0 Å². The molecular formula is C18H14N4O2. The molecule has 118 valence electrons. The standard InChI is InChI=1S/C18H14N4O2/c1-11-16(17(18(23)24)22-21-11)20-15-8-6-14(7-9-15)13-4-2-12(10-19)3-5-13/h2-9,20H,1H3,(H,21,22)(H,23,24). The molecule has 1 aromatic heterocycles. The molecule has 0 atom stereocenters.